The highest BCUT2D eigenvalue weighted by Crippen LogP contribution is 2.29. The lowest BCUT2D eigenvalue weighted by atomic mass is 10.1. The predicted molar refractivity (Wildman–Crippen MR) is 147 cm³/mol. The van der Waals surface area contributed by atoms with Crippen LogP contribution in [0.4, 0.5) is 5.69 Å². The molecule has 0 saturated heterocycles. The van der Waals surface area contributed by atoms with Gasteiger partial charge in [0, 0.05) is 18.1 Å². The third-order valence-corrected chi connectivity index (χ3v) is 7.96. The maximum absolute atomic E-state index is 13.8. The number of anilines is 1. The third-order valence-electron chi connectivity index (χ3n) is 5.95. The number of hydrogen-bond donors (Lipinski definition) is 1. The number of halogens is 1. The van der Waals surface area contributed by atoms with E-state index in [1.54, 1.807) is 50.2 Å². The van der Waals surface area contributed by atoms with Crippen molar-refractivity contribution in [3.05, 3.63) is 95.0 Å². The molecule has 3 aromatic carbocycles. The minimum Gasteiger partial charge on any atom is -0.354 e. The molecule has 0 aliphatic carbocycles. The summed E-state index contributed by atoms with van der Waals surface area (Å²) in [5, 5.41) is 3.29. The summed E-state index contributed by atoms with van der Waals surface area (Å²) in [5.74, 6) is -0.803. The van der Waals surface area contributed by atoms with Gasteiger partial charge in [-0.1, -0.05) is 67.1 Å². The summed E-state index contributed by atoms with van der Waals surface area (Å²) in [6.07, 6.45) is 0.754. The zero-order valence-corrected chi connectivity index (χ0v) is 22.8. The van der Waals surface area contributed by atoms with Crippen molar-refractivity contribution in [2.24, 2.45) is 0 Å². The van der Waals surface area contributed by atoms with Crippen LogP contribution in [0.3, 0.4) is 0 Å². The van der Waals surface area contributed by atoms with E-state index in [-0.39, 0.29) is 17.3 Å². The summed E-state index contributed by atoms with van der Waals surface area (Å²) in [5.41, 5.74) is 1.76. The van der Waals surface area contributed by atoms with E-state index in [0.29, 0.717) is 22.8 Å². The molecule has 0 radical (unpaired) electrons. The van der Waals surface area contributed by atoms with E-state index in [2.05, 4.69) is 5.32 Å². The molecule has 1 N–H and O–H groups in total. The van der Waals surface area contributed by atoms with Gasteiger partial charge in [-0.3, -0.25) is 13.9 Å². The maximum Gasteiger partial charge on any atom is 0.264 e. The molecular weight excluding hydrogens is 510 g/mol. The number of sulfonamides is 1. The standard InChI is InChI=1S/C28H32ClN3O4S/c1-4-17-30-28(34)22(3)31(19-23-11-7-5-8-12-23)27(33)20-32(26-16-15-24(29)18-21(26)2)37(35,36)25-13-9-6-10-14-25/h5-16,18,22H,4,17,19-20H2,1-3H3,(H,30,34)/t22-/m1/s1. The van der Waals surface area contributed by atoms with Gasteiger partial charge in [0.25, 0.3) is 10.0 Å². The fourth-order valence-electron chi connectivity index (χ4n) is 3.89. The second kappa shape index (κ2) is 12.7. The number of nitrogens with one attached hydrogen (secondary N) is 1. The third kappa shape index (κ3) is 7.11. The molecule has 2 amide bonds. The number of nitrogens with zero attached hydrogens (tertiary/aromatic N) is 2. The van der Waals surface area contributed by atoms with Gasteiger partial charge in [0.05, 0.1) is 10.6 Å². The summed E-state index contributed by atoms with van der Waals surface area (Å²) >= 11 is 6.13. The quantitative estimate of drug-likeness (QED) is 0.378. The van der Waals surface area contributed by atoms with Gasteiger partial charge >= 0.3 is 0 Å². The second-order valence-electron chi connectivity index (χ2n) is 8.73. The first-order valence-electron chi connectivity index (χ1n) is 12.1. The molecule has 37 heavy (non-hydrogen) atoms. The molecule has 0 spiro atoms. The lowest BCUT2D eigenvalue weighted by Crippen LogP contribution is -2.51. The first-order chi connectivity index (χ1) is 17.6. The average molecular weight is 542 g/mol. The molecule has 196 valence electrons. The number of rotatable bonds is 11. The van der Waals surface area contributed by atoms with E-state index in [1.807, 2.05) is 37.3 Å². The number of carbonyl (C=O) groups excluding carboxylic acids is 2. The van der Waals surface area contributed by atoms with E-state index >= 15 is 0 Å². The van der Waals surface area contributed by atoms with Crippen molar-refractivity contribution in [3.63, 3.8) is 0 Å². The molecule has 0 saturated carbocycles. The molecule has 3 aromatic rings. The first-order valence-corrected chi connectivity index (χ1v) is 13.9. The van der Waals surface area contributed by atoms with Crippen LogP contribution in [-0.4, -0.2) is 44.3 Å². The van der Waals surface area contributed by atoms with Crippen molar-refractivity contribution in [1.82, 2.24) is 10.2 Å². The molecule has 0 heterocycles. The summed E-state index contributed by atoms with van der Waals surface area (Å²) in [7, 11) is -4.11. The Hall–Kier alpha value is -3.36. The number of hydrogen-bond acceptors (Lipinski definition) is 4. The van der Waals surface area contributed by atoms with Gasteiger partial charge in [0.1, 0.15) is 12.6 Å². The van der Waals surface area contributed by atoms with E-state index in [1.165, 1.54) is 17.0 Å². The van der Waals surface area contributed by atoms with Gasteiger partial charge in [-0.05, 0) is 61.7 Å². The highest BCUT2D eigenvalue weighted by Gasteiger charge is 2.33. The molecule has 0 bridgehead atoms. The van der Waals surface area contributed by atoms with Crippen molar-refractivity contribution in [2.45, 2.75) is 44.7 Å². The van der Waals surface area contributed by atoms with Gasteiger partial charge in [0.2, 0.25) is 11.8 Å². The zero-order chi connectivity index (χ0) is 27.0. The molecule has 0 aliphatic heterocycles. The fraction of sp³-hybridized carbons (Fsp3) is 0.286. The SMILES string of the molecule is CCCNC(=O)[C@@H](C)N(Cc1ccccc1)C(=O)CN(c1ccc(Cl)cc1C)S(=O)(=O)c1ccccc1. The number of benzene rings is 3. The molecule has 3 rings (SSSR count). The normalized spacial score (nSPS) is 12.0. The molecule has 9 heteroatoms. The van der Waals surface area contributed by atoms with Crippen LogP contribution in [-0.2, 0) is 26.2 Å². The summed E-state index contributed by atoms with van der Waals surface area (Å²) in [6.45, 7) is 5.47. The van der Waals surface area contributed by atoms with Crippen molar-refractivity contribution in [2.75, 3.05) is 17.4 Å². The van der Waals surface area contributed by atoms with Crippen LogP contribution in [0.2, 0.25) is 5.02 Å². The molecule has 0 aliphatic rings. The van der Waals surface area contributed by atoms with Crippen molar-refractivity contribution in [3.8, 4) is 0 Å². The lowest BCUT2D eigenvalue weighted by Gasteiger charge is -2.32. The Kier molecular flexibility index (Phi) is 9.72. The maximum atomic E-state index is 13.8. The van der Waals surface area contributed by atoms with Gasteiger partial charge in [-0.2, -0.15) is 0 Å². The molecule has 7 nitrogen and oxygen atoms in total. The molecule has 1 atom stereocenters. The van der Waals surface area contributed by atoms with Crippen LogP contribution in [0.25, 0.3) is 0 Å². The number of amides is 2. The average Bonchev–Trinajstić information content (AvgIpc) is 2.90. The van der Waals surface area contributed by atoms with E-state index in [0.717, 1.165) is 16.3 Å². The monoisotopic (exact) mass is 541 g/mol. The van der Waals surface area contributed by atoms with Crippen LogP contribution in [0.15, 0.2) is 83.8 Å². The summed E-state index contributed by atoms with van der Waals surface area (Å²) in [6, 6.07) is 21.3. The Balaban J connectivity index is 2.03. The van der Waals surface area contributed by atoms with Crippen molar-refractivity contribution < 1.29 is 18.0 Å². The number of aryl methyl sites for hydroxylation is 1. The van der Waals surface area contributed by atoms with Crippen LogP contribution in [0, 0.1) is 6.92 Å². The highest BCUT2D eigenvalue weighted by molar-refractivity contribution is 7.92. The van der Waals surface area contributed by atoms with Gasteiger partial charge in [0.15, 0.2) is 0 Å². The molecular formula is C28H32ClN3O4S. The van der Waals surface area contributed by atoms with Crippen LogP contribution in [0.1, 0.15) is 31.4 Å². The summed E-state index contributed by atoms with van der Waals surface area (Å²) in [4.78, 5) is 28.1. The van der Waals surface area contributed by atoms with Crippen molar-refractivity contribution >= 4 is 39.1 Å². The Morgan fingerprint density at radius 3 is 2.19 bits per heavy atom. The van der Waals surface area contributed by atoms with Gasteiger partial charge in [-0.25, -0.2) is 8.42 Å². The summed E-state index contributed by atoms with van der Waals surface area (Å²) < 4.78 is 28.6. The van der Waals surface area contributed by atoms with Gasteiger partial charge < -0.3 is 10.2 Å². The largest absolute Gasteiger partial charge is 0.354 e. The number of carbonyl (C=O) groups is 2. The first kappa shape index (κ1) is 28.2. The predicted octanol–water partition coefficient (Wildman–Crippen LogP) is 4.79. The zero-order valence-electron chi connectivity index (χ0n) is 21.2. The minimum absolute atomic E-state index is 0.0560. The minimum atomic E-state index is -4.11. The lowest BCUT2D eigenvalue weighted by molar-refractivity contribution is -0.139. The van der Waals surface area contributed by atoms with E-state index < -0.39 is 28.5 Å². The topological polar surface area (TPSA) is 86.8 Å². The Bertz CT molecular complexity index is 1320. The van der Waals surface area contributed by atoms with Crippen LogP contribution >= 0.6 is 11.6 Å². The van der Waals surface area contributed by atoms with Crippen LogP contribution < -0.4 is 9.62 Å². The molecule has 0 aromatic heterocycles. The Morgan fingerprint density at radius 2 is 1.59 bits per heavy atom. The Morgan fingerprint density at radius 1 is 0.973 bits per heavy atom. The van der Waals surface area contributed by atoms with Crippen molar-refractivity contribution in [1.29, 1.82) is 0 Å². The second-order valence-corrected chi connectivity index (χ2v) is 11.0. The highest BCUT2D eigenvalue weighted by atomic mass is 35.5. The van der Waals surface area contributed by atoms with Gasteiger partial charge in [-0.15, -0.1) is 0 Å². The molecule has 0 unspecified atom stereocenters. The Labute approximate surface area is 224 Å². The molecule has 0 fully saturated rings. The van der Waals surface area contributed by atoms with E-state index in [9.17, 15) is 18.0 Å². The smallest absolute Gasteiger partial charge is 0.264 e. The fourth-order valence-corrected chi connectivity index (χ4v) is 5.62. The van der Waals surface area contributed by atoms with E-state index in [4.69, 9.17) is 11.6 Å². The van der Waals surface area contributed by atoms with Crippen LogP contribution in [0.5, 0.6) is 0 Å².